The van der Waals surface area contributed by atoms with E-state index in [1.807, 2.05) is 6.92 Å². The number of nitrogens with zero attached hydrogens (tertiary/aromatic N) is 4. The summed E-state index contributed by atoms with van der Waals surface area (Å²) >= 11 is 0. The number of nitro groups is 1. The Balaban J connectivity index is 2.12. The van der Waals surface area contributed by atoms with Crippen molar-refractivity contribution in [3.63, 3.8) is 0 Å². The van der Waals surface area contributed by atoms with Crippen LogP contribution in [0.4, 0.5) is 22.7 Å². The zero-order chi connectivity index (χ0) is 17.6. The van der Waals surface area contributed by atoms with Crippen LogP contribution in [0.3, 0.4) is 0 Å². The number of hydroxylamine groups is 2. The highest BCUT2D eigenvalue weighted by molar-refractivity contribution is 5.50. The molecule has 0 spiro atoms. The Morgan fingerprint density at radius 1 is 1.04 bits per heavy atom. The van der Waals surface area contributed by atoms with Crippen molar-refractivity contribution < 1.29 is 15.2 Å². The van der Waals surface area contributed by atoms with Crippen molar-refractivity contribution in [1.82, 2.24) is 4.65 Å². The average Bonchev–Trinajstić information content (AvgIpc) is 2.61. The summed E-state index contributed by atoms with van der Waals surface area (Å²) in [5, 5.41) is 38.2. The van der Waals surface area contributed by atoms with Gasteiger partial charge in [-0.25, -0.2) is 5.21 Å². The second-order valence-electron chi connectivity index (χ2n) is 5.18. The molecule has 2 aromatic rings. The molecule has 1 atom stereocenters. The number of hydrogen-bond acceptors (Lipinski definition) is 6. The van der Waals surface area contributed by atoms with Crippen molar-refractivity contribution in [2.24, 2.45) is 10.2 Å². The highest BCUT2D eigenvalue weighted by atomic mass is 16.6. The first-order chi connectivity index (χ1) is 11.5. The first-order valence-electron chi connectivity index (χ1n) is 7.46. The summed E-state index contributed by atoms with van der Waals surface area (Å²) in [6.07, 6.45) is 0. The summed E-state index contributed by atoms with van der Waals surface area (Å²) in [7, 11) is 0. The van der Waals surface area contributed by atoms with Crippen molar-refractivity contribution in [1.29, 1.82) is 0 Å². The molecular weight excluding hydrogens is 312 g/mol. The molecule has 126 valence electrons. The number of quaternary nitrogens is 1. The summed E-state index contributed by atoms with van der Waals surface area (Å²) in [6.45, 7) is 2.36. The summed E-state index contributed by atoms with van der Waals surface area (Å²) in [6, 6.07) is 12.6. The molecule has 0 aromatic heterocycles. The third-order valence-electron chi connectivity index (χ3n) is 3.66. The normalized spacial score (nSPS) is 13.8. The van der Waals surface area contributed by atoms with E-state index in [-0.39, 0.29) is 23.5 Å². The van der Waals surface area contributed by atoms with E-state index in [0.29, 0.717) is 23.6 Å². The van der Waals surface area contributed by atoms with Gasteiger partial charge in [0.2, 0.25) is 0 Å². The first-order valence-corrected chi connectivity index (χ1v) is 7.46. The van der Waals surface area contributed by atoms with E-state index in [2.05, 4.69) is 10.2 Å². The van der Waals surface area contributed by atoms with E-state index in [4.69, 9.17) is 5.11 Å². The Morgan fingerprint density at radius 2 is 1.54 bits per heavy atom. The number of hydrogen-bond donors (Lipinski definition) is 2. The number of rotatable bonds is 7. The Morgan fingerprint density at radius 3 is 1.96 bits per heavy atom. The van der Waals surface area contributed by atoms with Crippen LogP contribution in [-0.4, -0.2) is 34.9 Å². The van der Waals surface area contributed by atoms with E-state index in [9.17, 15) is 15.3 Å². The van der Waals surface area contributed by atoms with Gasteiger partial charge in [0.25, 0.3) is 5.69 Å². The third-order valence-corrected chi connectivity index (χ3v) is 3.66. The molecular formula is C16H19N4O4+. The van der Waals surface area contributed by atoms with Crippen LogP contribution in [0.15, 0.2) is 58.8 Å². The molecule has 8 heteroatoms. The van der Waals surface area contributed by atoms with Crippen LogP contribution in [0.25, 0.3) is 0 Å². The zero-order valence-electron chi connectivity index (χ0n) is 13.2. The molecule has 2 rings (SSSR count). The van der Waals surface area contributed by atoms with E-state index >= 15 is 0 Å². The van der Waals surface area contributed by atoms with Crippen LogP contribution in [0.5, 0.6) is 0 Å². The molecule has 0 heterocycles. The lowest BCUT2D eigenvalue weighted by Gasteiger charge is -2.27. The van der Waals surface area contributed by atoms with Gasteiger partial charge in [-0.3, -0.25) is 10.1 Å². The molecule has 0 aliphatic carbocycles. The van der Waals surface area contributed by atoms with Crippen LogP contribution in [0, 0.1) is 10.1 Å². The van der Waals surface area contributed by atoms with Crippen LogP contribution in [0.2, 0.25) is 0 Å². The largest absolute Gasteiger partial charge is 0.390 e. The van der Waals surface area contributed by atoms with Crippen molar-refractivity contribution in [2.45, 2.75) is 6.92 Å². The second kappa shape index (κ2) is 7.73. The van der Waals surface area contributed by atoms with Gasteiger partial charge in [-0.1, -0.05) is 0 Å². The Kier molecular flexibility index (Phi) is 5.69. The molecule has 0 aliphatic rings. The predicted molar refractivity (Wildman–Crippen MR) is 89.8 cm³/mol. The Bertz CT molecular complexity index is 716. The fourth-order valence-corrected chi connectivity index (χ4v) is 2.19. The molecule has 0 saturated carbocycles. The number of nitro benzene ring substituents is 1. The summed E-state index contributed by atoms with van der Waals surface area (Å²) in [4.78, 5) is 10.1. The third kappa shape index (κ3) is 4.19. The minimum Gasteiger partial charge on any atom is -0.390 e. The molecule has 0 aliphatic heterocycles. The van der Waals surface area contributed by atoms with Gasteiger partial charge in [-0.2, -0.15) is 10.2 Å². The number of azo groups is 1. The van der Waals surface area contributed by atoms with Gasteiger partial charge in [-0.15, -0.1) is 4.65 Å². The summed E-state index contributed by atoms with van der Waals surface area (Å²) < 4.78 is -0.351. The Labute approximate surface area is 139 Å². The zero-order valence-corrected chi connectivity index (χ0v) is 13.2. The maximum Gasteiger partial charge on any atom is 0.269 e. The van der Waals surface area contributed by atoms with Crippen molar-refractivity contribution in [2.75, 3.05) is 19.7 Å². The summed E-state index contributed by atoms with van der Waals surface area (Å²) in [5.41, 5.74) is 1.74. The van der Waals surface area contributed by atoms with Gasteiger partial charge >= 0.3 is 0 Å². The fraction of sp³-hybridized carbons (Fsp3) is 0.250. The molecule has 2 N–H and O–H groups in total. The van der Waals surface area contributed by atoms with Crippen molar-refractivity contribution in [3.8, 4) is 0 Å². The fourth-order valence-electron chi connectivity index (χ4n) is 2.19. The van der Waals surface area contributed by atoms with Crippen LogP contribution < -0.4 is 4.65 Å². The summed E-state index contributed by atoms with van der Waals surface area (Å²) in [5.74, 6) is 0. The maximum absolute atomic E-state index is 10.6. The lowest BCUT2D eigenvalue weighted by atomic mass is 10.2. The van der Waals surface area contributed by atoms with Gasteiger partial charge in [-0.05, 0) is 31.2 Å². The van der Waals surface area contributed by atoms with Crippen molar-refractivity contribution in [3.05, 3.63) is 58.6 Å². The number of benzene rings is 2. The molecule has 0 fully saturated rings. The molecule has 2 aromatic carbocycles. The number of non-ortho nitro benzene ring substituents is 1. The smallest absolute Gasteiger partial charge is 0.269 e. The van der Waals surface area contributed by atoms with Gasteiger partial charge in [0, 0.05) is 24.3 Å². The molecule has 0 bridgehead atoms. The molecule has 0 amide bonds. The molecule has 8 nitrogen and oxygen atoms in total. The van der Waals surface area contributed by atoms with Gasteiger partial charge in [0.1, 0.15) is 13.1 Å². The lowest BCUT2D eigenvalue weighted by molar-refractivity contribution is -0.384. The van der Waals surface area contributed by atoms with E-state index in [1.54, 1.807) is 24.3 Å². The van der Waals surface area contributed by atoms with Crippen LogP contribution in [0.1, 0.15) is 6.92 Å². The average molecular weight is 331 g/mol. The molecule has 0 saturated heterocycles. The number of aliphatic hydroxyl groups excluding tert-OH is 1. The van der Waals surface area contributed by atoms with E-state index < -0.39 is 4.92 Å². The monoisotopic (exact) mass is 331 g/mol. The van der Waals surface area contributed by atoms with Crippen LogP contribution >= 0.6 is 0 Å². The SMILES string of the molecule is CC[N+](O)(CCO)c1ccc(N=Nc2ccc([N+](=O)[O-])cc2)cc1. The van der Waals surface area contributed by atoms with Crippen LogP contribution in [-0.2, 0) is 0 Å². The lowest BCUT2D eigenvalue weighted by Crippen LogP contribution is -2.47. The Hall–Kier alpha value is -2.68. The standard InChI is InChI=1S/C16H19N4O4/c1-2-20(24,11-12-21)16-9-5-14(6-10-16)18-17-13-3-7-15(8-4-13)19(22)23/h3-10,21,24H,2,11-12H2,1H3/q+1. The molecule has 24 heavy (non-hydrogen) atoms. The first kappa shape index (κ1) is 17.7. The minimum absolute atomic E-state index is 0.00111. The predicted octanol–water partition coefficient (Wildman–Crippen LogP) is 3.72. The second-order valence-corrected chi connectivity index (χ2v) is 5.18. The van der Waals surface area contributed by atoms with Crippen molar-refractivity contribution >= 4 is 22.7 Å². The quantitative estimate of drug-likeness (QED) is 0.349. The van der Waals surface area contributed by atoms with Gasteiger partial charge in [0.15, 0.2) is 5.69 Å². The highest BCUT2D eigenvalue weighted by Crippen LogP contribution is 2.25. The number of likely N-dealkylation sites (N-methyl/N-ethyl adjacent to an activating group) is 1. The number of aliphatic hydroxyl groups is 1. The topological polar surface area (TPSA) is 108 Å². The highest BCUT2D eigenvalue weighted by Gasteiger charge is 2.25. The van der Waals surface area contributed by atoms with Gasteiger partial charge in [0.05, 0.1) is 22.9 Å². The molecule has 0 radical (unpaired) electrons. The van der Waals surface area contributed by atoms with Gasteiger partial charge < -0.3 is 5.11 Å². The maximum atomic E-state index is 10.6. The van der Waals surface area contributed by atoms with E-state index in [0.717, 1.165) is 0 Å². The molecule has 1 unspecified atom stereocenters. The minimum atomic E-state index is -0.473. The van der Waals surface area contributed by atoms with E-state index in [1.165, 1.54) is 24.3 Å².